The van der Waals surface area contributed by atoms with Gasteiger partial charge in [-0.15, -0.1) is 0 Å². The average Bonchev–Trinajstić information content (AvgIpc) is 2.86. The van der Waals surface area contributed by atoms with Crippen LogP contribution in [0.25, 0.3) is 0 Å². The van der Waals surface area contributed by atoms with Crippen LogP contribution in [0.2, 0.25) is 5.02 Å². The highest BCUT2D eigenvalue weighted by Gasteiger charge is 2.19. The number of hydrogen-bond acceptors (Lipinski definition) is 6. The van der Waals surface area contributed by atoms with Crippen LogP contribution in [0.3, 0.4) is 0 Å². The van der Waals surface area contributed by atoms with Crippen LogP contribution in [-0.4, -0.2) is 25.1 Å². The first kappa shape index (κ1) is 14.8. The second kappa shape index (κ2) is 5.78. The number of anilines is 1. The maximum absolute atomic E-state index is 12.1. The molecule has 0 bridgehead atoms. The third kappa shape index (κ3) is 3.27. The van der Waals surface area contributed by atoms with Crippen molar-refractivity contribution in [2.24, 2.45) is 0 Å². The lowest BCUT2D eigenvalue weighted by Crippen LogP contribution is -2.26. The number of aromatic nitrogens is 2. The summed E-state index contributed by atoms with van der Waals surface area (Å²) in [6, 6.07) is 2.86. The minimum atomic E-state index is -3.73. The fourth-order valence-electron chi connectivity index (χ4n) is 1.55. The van der Waals surface area contributed by atoms with E-state index in [0.29, 0.717) is 17.9 Å². The van der Waals surface area contributed by atoms with Crippen molar-refractivity contribution >= 4 is 27.3 Å². The van der Waals surface area contributed by atoms with Gasteiger partial charge in [0.1, 0.15) is 4.90 Å². The summed E-state index contributed by atoms with van der Waals surface area (Å²) >= 11 is 5.95. The fourth-order valence-corrected chi connectivity index (χ4v) is 3.20. The molecule has 0 aliphatic heterocycles. The Morgan fingerprint density at radius 1 is 1.45 bits per heavy atom. The van der Waals surface area contributed by atoms with Crippen LogP contribution in [0.4, 0.5) is 5.69 Å². The number of hydrogen-bond donors (Lipinski definition) is 2. The molecule has 3 N–H and O–H groups in total. The first-order valence-electron chi connectivity index (χ1n) is 5.70. The first-order valence-corrected chi connectivity index (χ1v) is 7.57. The molecule has 9 heteroatoms. The molecule has 0 saturated carbocycles. The van der Waals surface area contributed by atoms with Gasteiger partial charge in [0, 0.05) is 18.7 Å². The third-order valence-corrected chi connectivity index (χ3v) is 4.58. The second-order valence-corrected chi connectivity index (χ2v) is 6.28. The highest BCUT2D eigenvalue weighted by molar-refractivity contribution is 7.89. The van der Waals surface area contributed by atoms with Gasteiger partial charge in [0.05, 0.1) is 5.02 Å². The van der Waals surface area contributed by atoms with Crippen molar-refractivity contribution in [3.63, 3.8) is 0 Å². The van der Waals surface area contributed by atoms with E-state index in [2.05, 4.69) is 19.4 Å². The maximum atomic E-state index is 12.1. The Morgan fingerprint density at radius 2 is 2.20 bits per heavy atom. The molecule has 0 aliphatic carbocycles. The SMILES string of the molecule is Cc1cc(Cl)c(S(=O)(=O)NCCc2ncon2)cc1N. The zero-order valence-corrected chi connectivity index (χ0v) is 12.2. The van der Waals surface area contributed by atoms with Crippen LogP contribution in [0.5, 0.6) is 0 Å². The number of sulfonamides is 1. The van der Waals surface area contributed by atoms with E-state index in [-0.39, 0.29) is 16.5 Å². The summed E-state index contributed by atoms with van der Waals surface area (Å²) in [4.78, 5) is 3.75. The van der Waals surface area contributed by atoms with Gasteiger partial charge in [-0.05, 0) is 24.6 Å². The topological polar surface area (TPSA) is 111 Å². The minimum absolute atomic E-state index is 0.0459. The average molecular weight is 317 g/mol. The Bertz CT molecular complexity index is 701. The zero-order chi connectivity index (χ0) is 14.8. The van der Waals surface area contributed by atoms with Crippen molar-refractivity contribution in [1.29, 1.82) is 0 Å². The monoisotopic (exact) mass is 316 g/mol. The van der Waals surface area contributed by atoms with Gasteiger partial charge in [-0.25, -0.2) is 13.1 Å². The number of aryl methyl sites for hydroxylation is 1. The molecule has 1 aromatic carbocycles. The number of nitrogens with zero attached hydrogens (tertiary/aromatic N) is 2. The van der Waals surface area contributed by atoms with Gasteiger partial charge in [-0.2, -0.15) is 4.98 Å². The summed E-state index contributed by atoms with van der Waals surface area (Å²) in [6.07, 6.45) is 1.50. The lowest BCUT2D eigenvalue weighted by molar-refractivity contribution is 0.410. The highest BCUT2D eigenvalue weighted by atomic mass is 35.5. The number of halogens is 1. The number of benzene rings is 1. The molecule has 1 aromatic heterocycles. The van der Waals surface area contributed by atoms with Crippen LogP contribution >= 0.6 is 11.6 Å². The minimum Gasteiger partial charge on any atom is -0.398 e. The summed E-state index contributed by atoms with van der Waals surface area (Å²) in [5.41, 5.74) is 6.80. The molecule has 7 nitrogen and oxygen atoms in total. The summed E-state index contributed by atoms with van der Waals surface area (Å²) in [6.45, 7) is 1.88. The van der Waals surface area contributed by atoms with Crippen LogP contribution in [0.15, 0.2) is 27.9 Å². The molecule has 0 atom stereocenters. The third-order valence-electron chi connectivity index (χ3n) is 2.66. The fraction of sp³-hybridized carbons (Fsp3) is 0.273. The lowest BCUT2D eigenvalue weighted by atomic mass is 10.2. The van der Waals surface area contributed by atoms with Gasteiger partial charge in [0.2, 0.25) is 16.4 Å². The van der Waals surface area contributed by atoms with Crippen molar-refractivity contribution in [2.45, 2.75) is 18.2 Å². The van der Waals surface area contributed by atoms with Gasteiger partial charge in [-0.3, -0.25) is 0 Å². The van der Waals surface area contributed by atoms with Gasteiger partial charge in [-0.1, -0.05) is 16.8 Å². The smallest absolute Gasteiger partial charge is 0.242 e. The van der Waals surface area contributed by atoms with E-state index in [1.165, 1.54) is 18.5 Å². The second-order valence-electron chi connectivity index (χ2n) is 4.13. The van der Waals surface area contributed by atoms with Crippen LogP contribution in [0, 0.1) is 6.92 Å². The summed E-state index contributed by atoms with van der Waals surface area (Å²) in [5, 5.41) is 3.71. The molecule has 0 fully saturated rings. The number of nitrogens with two attached hydrogens (primary N) is 1. The highest BCUT2D eigenvalue weighted by Crippen LogP contribution is 2.26. The molecule has 2 rings (SSSR count). The van der Waals surface area contributed by atoms with E-state index in [4.69, 9.17) is 17.3 Å². The van der Waals surface area contributed by atoms with Gasteiger partial charge >= 0.3 is 0 Å². The molecule has 0 saturated heterocycles. The predicted molar refractivity (Wildman–Crippen MR) is 73.8 cm³/mol. The Kier molecular flexibility index (Phi) is 4.26. The summed E-state index contributed by atoms with van der Waals surface area (Å²) in [5.74, 6) is 0.419. The van der Waals surface area contributed by atoms with Gasteiger partial charge < -0.3 is 10.3 Å². The zero-order valence-electron chi connectivity index (χ0n) is 10.6. The standard InChI is InChI=1S/C11H13ClN4O3S/c1-7-4-8(12)10(5-9(7)13)20(17,18)15-3-2-11-14-6-19-16-11/h4-6,15H,2-3,13H2,1H3. The number of nitrogen functional groups attached to an aromatic ring is 1. The normalized spacial score (nSPS) is 11.7. The van der Waals surface area contributed by atoms with E-state index >= 15 is 0 Å². The van der Waals surface area contributed by atoms with Crippen LogP contribution in [0.1, 0.15) is 11.4 Å². The van der Waals surface area contributed by atoms with Crippen molar-refractivity contribution in [1.82, 2.24) is 14.9 Å². The molecule has 0 amide bonds. The molecule has 108 valence electrons. The quantitative estimate of drug-likeness (QED) is 0.800. The van der Waals surface area contributed by atoms with Gasteiger partial charge in [0.15, 0.2) is 5.82 Å². The lowest BCUT2D eigenvalue weighted by Gasteiger charge is -2.10. The van der Waals surface area contributed by atoms with Gasteiger partial charge in [0.25, 0.3) is 0 Å². The number of nitrogens with one attached hydrogen (secondary N) is 1. The molecular formula is C11H13ClN4O3S. The Labute approximate surface area is 121 Å². The summed E-state index contributed by atoms with van der Waals surface area (Å²) < 4.78 is 31.2. The predicted octanol–water partition coefficient (Wildman–Crippen LogP) is 1.13. The van der Waals surface area contributed by atoms with Crippen LogP contribution in [-0.2, 0) is 16.4 Å². The van der Waals surface area contributed by atoms with Crippen molar-refractivity contribution in [3.8, 4) is 0 Å². The molecule has 0 aliphatic rings. The van der Waals surface area contributed by atoms with E-state index in [1.807, 2.05) is 0 Å². The van der Waals surface area contributed by atoms with Crippen molar-refractivity contribution in [2.75, 3.05) is 12.3 Å². The van der Waals surface area contributed by atoms with E-state index in [1.54, 1.807) is 6.92 Å². The largest absolute Gasteiger partial charge is 0.398 e. The van der Waals surface area contributed by atoms with Crippen molar-refractivity contribution < 1.29 is 12.9 Å². The Balaban J connectivity index is 2.12. The van der Waals surface area contributed by atoms with Crippen LogP contribution < -0.4 is 10.5 Å². The molecule has 2 aromatic rings. The summed E-state index contributed by atoms with van der Waals surface area (Å²) in [7, 11) is -3.73. The maximum Gasteiger partial charge on any atom is 0.242 e. The molecule has 0 unspecified atom stereocenters. The number of rotatable bonds is 5. The molecule has 20 heavy (non-hydrogen) atoms. The van der Waals surface area contributed by atoms with E-state index < -0.39 is 10.0 Å². The van der Waals surface area contributed by atoms with Crippen molar-refractivity contribution in [3.05, 3.63) is 34.9 Å². The Hall–Kier alpha value is -1.64. The Morgan fingerprint density at radius 3 is 2.85 bits per heavy atom. The van der Waals surface area contributed by atoms with E-state index in [0.717, 1.165) is 5.56 Å². The van der Waals surface area contributed by atoms with E-state index in [9.17, 15) is 8.42 Å². The molecule has 0 radical (unpaired) electrons. The molecule has 1 heterocycles. The first-order chi connectivity index (χ1) is 9.40. The molecular weight excluding hydrogens is 304 g/mol. The molecule has 0 spiro atoms.